The average molecular weight is 228 g/mol. The van der Waals surface area contributed by atoms with Gasteiger partial charge in [-0.2, -0.15) is 0 Å². The molecule has 0 spiro atoms. The fourth-order valence-electron chi connectivity index (χ4n) is 1.63. The van der Waals surface area contributed by atoms with E-state index in [2.05, 4.69) is 9.97 Å². The molecule has 86 valence electrons. The molecule has 1 N–H and O–H groups in total. The van der Waals surface area contributed by atoms with Crippen molar-refractivity contribution in [2.45, 2.75) is 13.3 Å². The molecule has 0 fully saturated rings. The Hall–Kier alpha value is -2.23. The Morgan fingerprint density at radius 2 is 2.06 bits per heavy atom. The van der Waals surface area contributed by atoms with Crippen LogP contribution in [0.25, 0.3) is 11.3 Å². The van der Waals surface area contributed by atoms with Crippen molar-refractivity contribution in [1.29, 1.82) is 0 Å². The molecule has 1 aromatic heterocycles. The van der Waals surface area contributed by atoms with Gasteiger partial charge in [-0.25, -0.2) is 9.97 Å². The molecular formula is C13H12N2O2. The average Bonchev–Trinajstić information content (AvgIpc) is 2.29. The summed E-state index contributed by atoms with van der Waals surface area (Å²) in [6.45, 7) is 1.99. The SMILES string of the molecule is Cc1ccccc1-c1ccnc(CC(=O)O)n1. The lowest BCUT2D eigenvalue weighted by Gasteiger charge is -2.05. The minimum absolute atomic E-state index is 0.153. The highest BCUT2D eigenvalue weighted by Gasteiger charge is 2.07. The van der Waals surface area contributed by atoms with Crippen LogP contribution in [0, 0.1) is 6.92 Å². The molecule has 0 saturated carbocycles. The van der Waals surface area contributed by atoms with Gasteiger partial charge < -0.3 is 5.11 Å². The van der Waals surface area contributed by atoms with Crippen LogP contribution >= 0.6 is 0 Å². The first-order chi connectivity index (χ1) is 8.16. The highest BCUT2D eigenvalue weighted by atomic mass is 16.4. The van der Waals surface area contributed by atoms with Crippen molar-refractivity contribution < 1.29 is 9.90 Å². The van der Waals surface area contributed by atoms with Crippen molar-refractivity contribution >= 4 is 5.97 Å². The van der Waals surface area contributed by atoms with Crippen LogP contribution in [0.2, 0.25) is 0 Å². The van der Waals surface area contributed by atoms with Crippen LogP contribution in [0.1, 0.15) is 11.4 Å². The monoisotopic (exact) mass is 228 g/mol. The molecule has 2 rings (SSSR count). The summed E-state index contributed by atoms with van der Waals surface area (Å²) in [7, 11) is 0. The molecule has 17 heavy (non-hydrogen) atoms. The number of hydrogen-bond donors (Lipinski definition) is 1. The van der Waals surface area contributed by atoms with E-state index in [0.29, 0.717) is 5.82 Å². The van der Waals surface area contributed by atoms with E-state index >= 15 is 0 Å². The van der Waals surface area contributed by atoms with E-state index in [4.69, 9.17) is 5.11 Å². The molecule has 0 aliphatic rings. The Balaban J connectivity index is 2.40. The topological polar surface area (TPSA) is 63.1 Å². The summed E-state index contributed by atoms with van der Waals surface area (Å²) in [4.78, 5) is 18.8. The smallest absolute Gasteiger partial charge is 0.311 e. The van der Waals surface area contributed by atoms with Crippen LogP contribution in [0.15, 0.2) is 36.5 Å². The minimum atomic E-state index is -0.924. The summed E-state index contributed by atoms with van der Waals surface area (Å²) in [6, 6.07) is 9.63. The van der Waals surface area contributed by atoms with Crippen molar-refractivity contribution in [3.63, 3.8) is 0 Å². The first-order valence-corrected chi connectivity index (χ1v) is 5.26. The lowest BCUT2D eigenvalue weighted by Crippen LogP contribution is -2.05. The molecule has 2 aromatic rings. The first-order valence-electron chi connectivity index (χ1n) is 5.26. The third kappa shape index (κ3) is 2.66. The van der Waals surface area contributed by atoms with Crippen LogP contribution in [0.4, 0.5) is 0 Å². The maximum Gasteiger partial charge on any atom is 0.311 e. The van der Waals surface area contributed by atoms with Crippen molar-refractivity contribution in [3.05, 3.63) is 47.9 Å². The van der Waals surface area contributed by atoms with Gasteiger partial charge in [0, 0.05) is 11.8 Å². The van der Waals surface area contributed by atoms with Crippen LogP contribution in [-0.4, -0.2) is 21.0 Å². The van der Waals surface area contributed by atoms with Gasteiger partial charge in [0.05, 0.1) is 5.69 Å². The Labute approximate surface area is 99.0 Å². The molecule has 0 atom stereocenters. The molecule has 1 heterocycles. The molecule has 4 nitrogen and oxygen atoms in total. The van der Waals surface area contributed by atoms with Gasteiger partial charge in [0.25, 0.3) is 0 Å². The fraction of sp³-hybridized carbons (Fsp3) is 0.154. The second kappa shape index (κ2) is 4.74. The Kier molecular flexibility index (Phi) is 3.14. The zero-order valence-electron chi connectivity index (χ0n) is 9.42. The van der Waals surface area contributed by atoms with Gasteiger partial charge >= 0.3 is 5.97 Å². The van der Waals surface area contributed by atoms with Crippen LogP contribution in [0.3, 0.4) is 0 Å². The fourth-order valence-corrected chi connectivity index (χ4v) is 1.63. The molecule has 4 heteroatoms. The number of hydrogen-bond acceptors (Lipinski definition) is 3. The molecule has 0 amide bonds. The minimum Gasteiger partial charge on any atom is -0.481 e. The second-order valence-electron chi connectivity index (χ2n) is 3.74. The Morgan fingerprint density at radius 3 is 2.76 bits per heavy atom. The molecule has 0 radical (unpaired) electrons. The van der Waals surface area contributed by atoms with E-state index in [9.17, 15) is 4.79 Å². The first kappa shape index (κ1) is 11.3. The van der Waals surface area contributed by atoms with Gasteiger partial charge in [0.2, 0.25) is 0 Å². The maximum atomic E-state index is 10.6. The van der Waals surface area contributed by atoms with Gasteiger partial charge in [-0.05, 0) is 18.6 Å². The number of carbonyl (C=O) groups is 1. The molecular weight excluding hydrogens is 216 g/mol. The number of carboxylic acids is 1. The van der Waals surface area contributed by atoms with E-state index in [1.165, 1.54) is 0 Å². The summed E-state index contributed by atoms with van der Waals surface area (Å²) < 4.78 is 0. The maximum absolute atomic E-state index is 10.6. The third-order valence-electron chi connectivity index (χ3n) is 2.44. The quantitative estimate of drug-likeness (QED) is 0.873. The van der Waals surface area contributed by atoms with Crippen LogP contribution in [-0.2, 0) is 11.2 Å². The van der Waals surface area contributed by atoms with E-state index in [1.54, 1.807) is 12.3 Å². The normalized spacial score (nSPS) is 10.2. The van der Waals surface area contributed by atoms with E-state index in [-0.39, 0.29) is 6.42 Å². The van der Waals surface area contributed by atoms with Gasteiger partial charge in [0.1, 0.15) is 12.2 Å². The van der Waals surface area contributed by atoms with Crippen molar-refractivity contribution in [1.82, 2.24) is 9.97 Å². The number of carboxylic acid groups (broad SMARTS) is 1. The predicted molar refractivity (Wildman–Crippen MR) is 63.5 cm³/mol. The standard InChI is InChI=1S/C13H12N2O2/c1-9-4-2-3-5-10(9)11-6-7-14-12(15-11)8-13(16)17/h2-7H,8H2,1H3,(H,16,17). The third-order valence-corrected chi connectivity index (χ3v) is 2.44. The molecule has 0 bridgehead atoms. The lowest BCUT2D eigenvalue weighted by atomic mass is 10.1. The number of aliphatic carboxylic acids is 1. The van der Waals surface area contributed by atoms with Crippen molar-refractivity contribution in [2.24, 2.45) is 0 Å². The zero-order valence-corrected chi connectivity index (χ0v) is 9.42. The van der Waals surface area contributed by atoms with Gasteiger partial charge in [-0.15, -0.1) is 0 Å². The lowest BCUT2D eigenvalue weighted by molar-refractivity contribution is -0.136. The summed E-state index contributed by atoms with van der Waals surface area (Å²) in [6.07, 6.45) is 1.44. The Morgan fingerprint density at radius 1 is 1.29 bits per heavy atom. The Bertz CT molecular complexity index is 553. The summed E-state index contributed by atoms with van der Waals surface area (Å²) in [5, 5.41) is 8.70. The van der Waals surface area contributed by atoms with Gasteiger partial charge in [-0.1, -0.05) is 24.3 Å². The molecule has 0 aliphatic heterocycles. The van der Waals surface area contributed by atoms with Gasteiger partial charge in [0.15, 0.2) is 0 Å². The van der Waals surface area contributed by atoms with E-state index in [1.807, 2.05) is 31.2 Å². The second-order valence-corrected chi connectivity index (χ2v) is 3.74. The summed E-state index contributed by atoms with van der Waals surface area (Å²) >= 11 is 0. The molecule has 0 saturated heterocycles. The van der Waals surface area contributed by atoms with Gasteiger partial charge in [-0.3, -0.25) is 4.79 Å². The highest BCUT2D eigenvalue weighted by molar-refractivity contribution is 5.69. The molecule has 0 aliphatic carbocycles. The number of aromatic nitrogens is 2. The van der Waals surface area contributed by atoms with E-state index < -0.39 is 5.97 Å². The number of nitrogens with zero attached hydrogens (tertiary/aromatic N) is 2. The number of benzene rings is 1. The highest BCUT2D eigenvalue weighted by Crippen LogP contribution is 2.20. The van der Waals surface area contributed by atoms with E-state index in [0.717, 1.165) is 16.8 Å². The summed E-state index contributed by atoms with van der Waals surface area (Å²) in [5.41, 5.74) is 2.86. The number of rotatable bonds is 3. The molecule has 1 aromatic carbocycles. The van der Waals surface area contributed by atoms with Crippen LogP contribution in [0.5, 0.6) is 0 Å². The predicted octanol–water partition coefficient (Wildman–Crippen LogP) is 2.08. The molecule has 0 unspecified atom stereocenters. The van der Waals surface area contributed by atoms with Crippen molar-refractivity contribution in [3.8, 4) is 11.3 Å². The zero-order chi connectivity index (χ0) is 12.3. The van der Waals surface area contributed by atoms with Crippen LogP contribution < -0.4 is 0 Å². The summed E-state index contributed by atoms with van der Waals surface area (Å²) in [5.74, 6) is -0.592. The number of aryl methyl sites for hydroxylation is 1. The van der Waals surface area contributed by atoms with Crippen molar-refractivity contribution in [2.75, 3.05) is 0 Å². The largest absolute Gasteiger partial charge is 0.481 e.